The molecule has 1 aromatic heterocycles. The number of hydrogen-bond donors (Lipinski definition) is 2. The smallest absolute Gasteiger partial charge is 0.271 e. The molecule has 1 atom stereocenters. The van der Waals surface area contributed by atoms with Crippen LogP contribution in [0.3, 0.4) is 0 Å². The Hall–Kier alpha value is -3.16. The van der Waals surface area contributed by atoms with Crippen molar-refractivity contribution in [2.45, 2.75) is 12.6 Å². The van der Waals surface area contributed by atoms with E-state index in [1.54, 1.807) is 18.4 Å². The number of amides is 1. The minimum Gasteiger partial charge on any atom is -0.468 e. The Bertz CT molecular complexity index is 929. The van der Waals surface area contributed by atoms with Crippen molar-refractivity contribution in [1.82, 2.24) is 5.32 Å². The van der Waals surface area contributed by atoms with E-state index in [-0.39, 0.29) is 16.6 Å². The third-order valence-electron chi connectivity index (χ3n) is 3.88. The maximum atomic E-state index is 12.8. The molecule has 0 saturated carbocycles. The summed E-state index contributed by atoms with van der Waals surface area (Å²) >= 11 is 6.07. The van der Waals surface area contributed by atoms with Gasteiger partial charge in [-0.3, -0.25) is 20.2 Å². The lowest BCUT2D eigenvalue weighted by Crippen LogP contribution is -2.32. The first-order valence-corrected chi connectivity index (χ1v) is 8.48. The van der Waals surface area contributed by atoms with Crippen LogP contribution in [0.2, 0.25) is 5.02 Å². The maximum Gasteiger partial charge on any atom is 0.271 e. The summed E-state index contributed by atoms with van der Waals surface area (Å²) < 4.78 is 5.29. The summed E-state index contributed by atoms with van der Waals surface area (Å²) in [6, 6.07) is 16.0. The van der Waals surface area contributed by atoms with Crippen molar-refractivity contribution in [1.29, 1.82) is 0 Å². The lowest BCUT2D eigenvalue weighted by atomic mass is 10.1. The van der Waals surface area contributed by atoms with Crippen LogP contribution in [0.1, 0.15) is 17.4 Å². The van der Waals surface area contributed by atoms with Crippen LogP contribution in [0.25, 0.3) is 0 Å². The predicted molar refractivity (Wildman–Crippen MR) is 101 cm³/mol. The number of nitro groups is 1. The van der Waals surface area contributed by atoms with Gasteiger partial charge in [0.15, 0.2) is 0 Å². The number of halogens is 1. The largest absolute Gasteiger partial charge is 0.468 e. The number of anilines is 1. The molecule has 3 rings (SSSR count). The van der Waals surface area contributed by atoms with Crippen molar-refractivity contribution in [2.75, 3.05) is 5.32 Å². The number of non-ortho nitro benzene ring substituents is 1. The number of furan rings is 1. The van der Waals surface area contributed by atoms with Gasteiger partial charge in [-0.25, -0.2) is 0 Å². The minimum atomic E-state index is -0.664. The van der Waals surface area contributed by atoms with Crippen LogP contribution in [0.5, 0.6) is 0 Å². The summed E-state index contributed by atoms with van der Waals surface area (Å²) in [4.78, 5) is 23.1. The van der Waals surface area contributed by atoms with Gasteiger partial charge in [0.2, 0.25) is 5.91 Å². The molecule has 138 valence electrons. The van der Waals surface area contributed by atoms with Crippen LogP contribution in [0.15, 0.2) is 71.3 Å². The molecule has 1 amide bonds. The standard InChI is InChI=1S/C19H16ClN3O4/c20-16-11-14(23(25)26)8-9-17(16)22-19(24)18(13-5-2-1-3-6-13)21-12-15-7-4-10-27-15/h1-11,18,21H,12H2,(H,22,24)/t18-/m1/s1. The Morgan fingerprint density at radius 2 is 1.93 bits per heavy atom. The van der Waals surface area contributed by atoms with E-state index in [4.69, 9.17) is 16.0 Å². The average molecular weight is 386 g/mol. The Balaban J connectivity index is 1.79. The summed E-state index contributed by atoms with van der Waals surface area (Å²) in [6.07, 6.45) is 1.56. The highest BCUT2D eigenvalue weighted by molar-refractivity contribution is 6.34. The molecule has 0 spiro atoms. The van der Waals surface area contributed by atoms with E-state index >= 15 is 0 Å². The zero-order valence-corrected chi connectivity index (χ0v) is 14.8. The maximum absolute atomic E-state index is 12.8. The second-order valence-corrected chi connectivity index (χ2v) is 6.12. The molecule has 7 nitrogen and oxygen atoms in total. The molecule has 0 fully saturated rings. The number of carbonyl (C=O) groups excluding carboxylic acids is 1. The summed E-state index contributed by atoms with van der Waals surface area (Å²) in [6.45, 7) is 0.355. The molecule has 0 aliphatic carbocycles. The molecule has 2 N–H and O–H groups in total. The molecule has 0 bridgehead atoms. The van der Waals surface area contributed by atoms with E-state index in [1.165, 1.54) is 18.2 Å². The SMILES string of the molecule is O=C(Nc1ccc([N+](=O)[O-])cc1Cl)[C@H](NCc1ccco1)c1ccccc1. The highest BCUT2D eigenvalue weighted by Gasteiger charge is 2.22. The Kier molecular flexibility index (Phi) is 5.85. The molecular weight excluding hydrogens is 370 g/mol. The summed E-state index contributed by atoms with van der Waals surface area (Å²) in [5, 5.41) is 16.8. The molecule has 3 aromatic rings. The Labute approximate surface area is 160 Å². The summed E-state index contributed by atoms with van der Waals surface area (Å²) in [7, 11) is 0. The van der Waals surface area contributed by atoms with Crippen LogP contribution in [0, 0.1) is 10.1 Å². The van der Waals surface area contributed by atoms with E-state index < -0.39 is 11.0 Å². The first kappa shape index (κ1) is 18.6. The van der Waals surface area contributed by atoms with Crippen molar-refractivity contribution in [3.05, 3.63) is 93.4 Å². The minimum absolute atomic E-state index is 0.0930. The zero-order valence-electron chi connectivity index (χ0n) is 14.1. The van der Waals surface area contributed by atoms with Gasteiger partial charge in [-0.15, -0.1) is 0 Å². The third kappa shape index (κ3) is 4.72. The fourth-order valence-electron chi connectivity index (χ4n) is 2.55. The summed E-state index contributed by atoms with van der Waals surface area (Å²) in [5.41, 5.74) is 0.918. The fourth-order valence-corrected chi connectivity index (χ4v) is 2.77. The molecular formula is C19H16ClN3O4. The first-order valence-electron chi connectivity index (χ1n) is 8.10. The number of benzene rings is 2. The molecule has 0 saturated heterocycles. The molecule has 0 radical (unpaired) electrons. The number of nitro benzene ring substituents is 1. The van der Waals surface area contributed by atoms with Gasteiger partial charge < -0.3 is 9.73 Å². The highest BCUT2D eigenvalue weighted by Crippen LogP contribution is 2.27. The van der Waals surface area contributed by atoms with Gasteiger partial charge in [-0.1, -0.05) is 41.9 Å². The van der Waals surface area contributed by atoms with Crippen molar-refractivity contribution < 1.29 is 14.1 Å². The van der Waals surface area contributed by atoms with Crippen LogP contribution >= 0.6 is 11.6 Å². The molecule has 1 heterocycles. The van der Waals surface area contributed by atoms with E-state index in [2.05, 4.69) is 10.6 Å². The van der Waals surface area contributed by atoms with E-state index in [9.17, 15) is 14.9 Å². The highest BCUT2D eigenvalue weighted by atomic mass is 35.5. The number of carbonyl (C=O) groups is 1. The number of rotatable bonds is 7. The second kappa shape index (κ2) is 8.48. The zero-order chi connectivity index (χ0) is 19.2. The van der Waals surface area contributed by atoms with Gasteiger partial charge in [0.1, 0.15) is 11.8 Å². The molecule has 8 heteroatoms. The number of nitrogens with zero attached hydrogens (tertiary/aromatic N) is 1. The lowest BCUT2D eigenvalue weighted by molar-refractivity contribution is -0.384. The fraction of sp³-hybridized carbons (Fsp3) is 0.105. The normalized spacial score (nSPS) is 11.7. The van der Waals surface area contributed by atoms with E-state index in [1.807, 2.05) is 30.3 Å². The van der Waals surface area contributed by atoms with Crippen molar-refractivity contribution in [2.24, 2.45) is 0 Å². The number of hydrogen-bond acceptors (Lipinski definition) is 5. The first-order chi connectivity index (χ1) is 13.0. The van der Waals surface area contributed by atoms with Crippen molar-refractivity contribution >= 4 is 28.9 Å². The van der Waals surface area contributed by atoms with Gasteiger partial charge in [-0.05, 0) is 23.8 Å². The van der Waals surface area contributed by atoms with Gasteiger partial charge in [0, 0.05) is 12.1 Å². The van der Waals surface area contributed by atoms with Crippen molar-refractivity contribution in [3.63, 3.8) is 0 Å². The van der Waals surface area contributed by atoms with Gasteiger partial charge in [0.25, 0.3) is 5.69 Å². The average Bonchev–Trinajstić information content (AvgIpc) is 3.18. The molecule has 2 aromatic carbocycles. The van der Waals surface area contributed by atoms with Crippen LogP contribution < -0.4 is 10.6 Å². The van der Waals surface area contributed by atoms with Crippen LogP contribution in [0.4, 0.5) is 11.4 Å². The molecule has 0 unspecified atom stereocenters. The number of nitrogens with one attached hydrogen (secondary N) is 2. The molecule has 0 aliphatic rings. The van der Waals surface area contributed by atoms with Gasteiger partial charge in [0.05, 0.1) is 28.4 Å². The Morgan fingerprint density at radius 3 is 2.56 bits per heavy atom. The monoisotopic (exact) mass is 385 g/mol. The Morgan fingerprint density at radius 1 is 1.15 bits per heavy atom. The van der Waals surface area contributed by atoms with E-state index in [0.717, 1.165) is 5.56 Å². The quantitative estimate of drug-likeness (QED) is 0.466. The van der Waals surface area contributed by atoms with Crippen LogP contribution in [-0.2, 0) is 11.3 Å². The molecule has 0 aliphatic heterocycles. The topological polar surface area (TPSA) is 97.4 Å². The lowest BCUT2D eigenvalue weighted by Gasteiger charge is -2.19. The van der Waals surface area contributed by atoms with E-state index in [0.29, 0.717) is 18.0 Å². The third-order valence-corrected chi connectivity index (χ3v) is 4.19. The van der Waals surface area contributed by atoms with Gasteiger partial charge in [-0.2, -0.15) is 0 Å². The van der Waals surface area contributed by atoms with Gasteiger partial charge >= 0.3 is 0 Å². The second-order valence-electron chi connectivity index (χ2n) is 5.71. The summed E-state index contributed by atoms with van der Waals surface area (Å²) in [5.74, 6) is 0.348. The van der Waals surface area contributed by atoms with Crippen molar-refractivity contribution in [3.8, 4) is 0 Å². The predicted octanol–water partition coefficient (Wildman–Crippen LogP) is 4.31. The van der Waals surface area contributed by atoms with Crippen LogP contribution in [-0.4, -0.2) is 10.8 Å². The molecule has 27 heavy (non-hydrogen) atoms.